The van der Waals surface area contributed by atoms with Gasteiger partial charge >= 0.3 is 5.97 Å². The van der Waals surface area contributed by atoms with Crippen LogP contribution < -0.4 is 5.73 Å². The number of methoxy groups -OCH3 is 1. The molecule has 5 heteroatoms. The summed E-state index contributed by atoms with van der Waals surface area (Å²) in [7, 11) is 1.42. The Balaban J connectivity index is 2.45. The van der Waals surface area contributed by atoms with E-state index >= 15 is 0 Å². The Kier molecular flexibility index (Phi) is 5.25. The van der Waals surface area contributed by atoms with Crippen LogP contribution in [0.4, 0.5) is 0 Å². The van der Waals surface area contributed by atoms with Crippen LogP contribution in [0, 0.1) is 0 Å². The first-order chi connectivity index (χ1) is 7.67. The molecule has 0 saturated carbocycles. The SMILES string of the molecule is COC(CN)C(=O)OCc1ccc(Cl)cc1. The van der Waals surface area contributed by atoms with Crippen LogP contribution in [0.5, 0.6) is 0 Å². The lowest BCUT2D eigenvalue weighted by molar-refractivity contribution is -0.156. The molecule has 2 N–H and O–H groups in total. The summed E-state index contributed by atoms with van der Waals surface area (Å²) in [5, 5.41) is 0.645. The molecule has 88 valence electrons. The quantitative estimate of drug-likeness (QED) is 0.794. The number of carbonyl (C=O) groups is 1. The summed E-state index contributed by atoms with van der Waals surface area (Å²) in [6, 6.07) is 7.06. The predicted molar refractivity (Wildman–Crippen MR) is 61.1 cm³/mol. The number of ether oxygens (including phenoxy) is 2. The largest absolute Gasteiger partial charge is 0.459 e. The standard InChI is InChI=1S/C11H14ClNO3/c1-15-10(6-13)11(14)16-7-8-2-4-9(12)5-3-8/h2-5,10H,6-7,13H2,1H3. The van der Waals surface area contributed by atoms with Gasteiger partial charge in [0.05, 0.1) is 0 Å². The molecule has 0 bridgehead atoms. The predicted octanol–water partition coefficient (Wildman–Crippen LogP) is 1.36. The van der Waals surface area contributed by atoms with Crippen molar-refractivity contribution in [2.45, 2.75) is 12.7 Å². The molecule has 1 unspecified atom stereocenters. The zero-order valence-corrected chi connectivity index (χ0v) is 9.74. The van der Waals surface area contributed by atoms with Crippen LogP contribution in [-0.4, -0.2) is 25.7 Å². The molecule has 0 fully saturated rings. The average molecular weight is 244 g/mol. The Bertz CT molecular complexity index is 336. The monoisotopic (exact) mass is 243 g/mol. The van der Waals surface area contributed by atoms with Crippen LogP contribution in [0.15, 0.2) is 24.3 Å². The Morgan fingerprint density at radius 3 is 2.56 bits per heavy atom. The Morgan fingerprint density at radius 2 is 2.06 bits per heavy atom. The molecule has 16 heavy (non-hydrogen) atoms. The molecule has 0 spiro atoms. The van der Waals surface area contributed by atoms with Crippen molar-refractivity contribution in [3.63, 3.8) is 0 Å². The number of rotatable bonds is 5. The summed E-state index contributed by atoms with van der Waals surface area (Å²) in [6.07, 6.45) is -0.702. The van der Waals surface area contributed by atoms with Gasteiger partial charge in [-0.05, 0) is 17.7 Å². The van der Waals surface area contributed by atoms with Crippen molar-refractivity contribution in [2.24, 2.45) is 5.73 Å². The van der Waals surface area contributed by atoms with Crippen molar-refractivity contribution in [2.75, 3.05) is 13.7 Å². The fraction of sp³-hybridized carbons (Fsp3) is 0.364. The Labute approximate surface area is 99.3 Å². The third kappa shape index (κ3) is 3.81. The van der Waals surface area contributed by atoms with Gasteiger partial charge in [-0.3, -0.25) is 0 Å². The van der Waals surface area contributed by atoms with Gasteiger partial charge in [-0.2, -0.15) is 0 Å². The third-order valence-electron chi connectivity index (χ3n) is 2.06. The molecule has 0 aromatic heterocycles. The highest BCUT2D eigenvalue weighted by Gasteiger charge is 2.17. The van der Waals surface area contributed by atoms with Crippen molar-refractivity contribution < 1.29 is 14.3 Å². The second kappa shape index (κ2) is 6.48. The van der Waals surface area contributed by atoms with E-state index < -0.39 is 12.1 Å². The first kappa shape index (κ1) is 13.0. The summed E-state index contributed by atoms with van der Waals surface area (Å²) in [6.45, 7) is 0.297. The lowest BCUT2D eigenvalue weighted by Crippen LogP contribution is -2.32. The maximum Gasteiger partial charge on any atom is 0.336 e. The molecule has 1 aromatic carbocycles. The number of carbonyl (C=O) groups excluding carboxylic acids is 1. The zero-order valence-electron chi connectivity index (χ0n) is 8.98. The van der Waals surface area contributed by atoms with Gasteiger partial charge in [0.2, 0.25) is 0 Å². The first-order valence-corrected chi connectivity index (χ1v) is 5.19. The molecule has 0 radical (unpaired) electrons. The van der Waals surface area contributed by atoms with Crippen LogP contribution in [0.3, 0.4) is 0 Å². The van der Waals surface area contributed by atoms with E-state index in [4.69, 9.17) is 26.8 Å². The normalized spacial score (nSPS) is 12.2. The highest BCUT2D eigenvalue weighted by atomic mass is 35.5. The molecule has 0 amide bonds. The molecule has 0 aliphatic carbocycles. The molecule has 1 aromatic rings. The van der Waals surface area contributed by atoms with E-state index in [9.17, 15) is 4.79 Å². The minimum Gasteiger partial charge on any atom is -0.459 e. The number of halogens is 1. The lowest BCUT2D eigenvalue weighted by atomic mass is 10.2. The van der Waals surface area contributed by atoms with E-state index in [1.807, 2.05) is 0 Å². The maximum absolute atomic E-state index is 11.4. The van der Waals surface area contributed by atoms with Gasteiger partial charge < -0.3 is 15.2 Å². The van der Waals surface area contributed by atoms with Gasteiger partial charge in [-0.25, -0.2) is 4.79 Å². The van der Waals surface area contributed by atoms with Crippen molar-refractivity contribution in [1.82, 2.24) is 0 Å². The molecule has 1 atom stereocenters. The Morgan fingerprint density at radius 1 is 1.44 bits per heavy atom. The number of hydrogen-bond donors (Lipinski definition) is 1. The summed E-state index contributed by atoms with van der Waals surface area (Å²) in [4.78, 5) is 11.4. The van der Waals surface area contributed by atoms with Gasteiger partial charge in [-0.15, -0.1) is 0 Å². The number of esters is 1. The summed E-state index contributed by atoms with van der Waals surface area (Å²) in [5.74, 6) is -0.458. The second-order valence-electron chi connectivity index (χ2n) is 3.19. The van der Waals surface area contributed by atoms with Crippen LogP contribution in [0.2, 0.25) is 5.02 Å². The second-order valence-corrected chi connectivity index (χ2v) is 3.63. The molecular weight excluding hydrogens is 230 g/mol. The highest BCUT2D eigenvalue weighted by Crippen LogP contribution is 2.10. The fourth-order valence-electron chi connectivity index (χ4n) is 1.12. The lowest BCUT2D eigenvalue weighted by Gasteiger charge is -2.12. The number of hydrogen-bond acceptors (Lipinski definition) is 4. The minimum atomic E-state index is -0.702. The van der Waals surface area contributed by atoms with E-state index in [0.717, 1.165) is 5.56 Å². The smallest absolute Gasteiger partial charge is 0.336 e. The van der Waals surface area contributed by atoms with Gasteiger partial charge in [0.25, 0.3) is 0 Å². The van der Waals surface area contributed by atoms with E-state index in [-0.39, 0.29) is 13.2 Å². The molecule has 0 aliphatic rings. The molecule has 1 rings (SSSR count). The van der Waals surface area contributed by atoms with Crippen LogP contribution in [0.25, 0.3) is 0 Å². The van der Waals surface area contributed by atoms with Gasteiger partial charge in [0.1, 0.15) is 6.61 Å². The molecule has 4 nitrogen and oxygen atoms in total. The van der Waals surface area contributed by atoms with Crippen molar-refractivity contribution in [3.8, 4) is 0 Å². The third-order valence-corrected chi connectivity index (χ3v) is 2.31. The molecular formula is C11H14ClNO3. The fourth-order valence-corrected chi connectivity index (χ4v) is 1.24. The topological polar surface area (TPSA) is 61.5 Å². The maximum atomic E-state index is 11.4. The molecule has 0 heterocycles. The average Bonchev–Trinajstić information content (AvgIpc) is 2.30. The van der Waals surface area contributed by atoms with E-state index in [0.29, 0.717) is 5.02 Å². The molecule has 0 saturated heterocycles. The van der Waals surface area contributed by atoms with Gasteiger partial charge in [0, 0.05) is 18.7 Å². The molecule has 0 aliphatic heterocycles. The first-order valence-electron chi connectivity index (χ1n) is 4.81. The van der Waals surface area contributed by atoms with Gasteiger partial charge in [-0.1, -0.05) is 23.7 Å². The number of nitrogens with two attached hydrogens (primary N) is 1. The van der Waals surface area contributed by atoms with Crippen LogP contribution in [0.1, 0.15) is 5.56 Å². The summed E-state index contributed by atoms with van der Waals surface area (Å²) >= 11 is 5.73. The summed E-state index contributed by atoms with van der Waals surface area (Å²) < 4.78 is 9.87. The van der Waals surface area contributed by atoms with Crippen molar-refractivity contribution in [3.05, 3.63) is 34.9 Å². The van der Waals surface area contributed by atoms with E-state index in [2.05, 4.69) is 0 Å². The van der Waals surface area contributed by atoms with Crippen LogP contribution >= 0.6 is 11.6 Å². The number of benzene rings is 1. The zero-order chi connectivity index (χ0) is 12.0. The van der Waals surface area contributed by atoms with E-state index in [1.54, 1.807) is 24.3 Å². The van der Waals surface area contributed by atoms with E-state index in [1.165, 1.54) is 7.11 Å². The Hall–Kier alpha value is -1.10. The van der Waals surface area contributed by atoms with Crippen LogP contribution in [-0.2, 0) is 20.9 Å². The summed E-state index contributed by atoms with van der Waals surface area (Å²) in [5.41, 5.74) is 6.20. The van der Waals surface area contributed by atoms with Gasteiger partial charge in [0.15, 0.2) is 6.10 Å². The highest BCUT2D eigenvalue weighted by molar-refractivity contribution is 6.30. The van der Waals surface area contributed by atoms with Crippen molar-refractivity contribution in [1.29, 1.82) is 0 Å². The minimum absolute atomic E-state index is 0.107. The van der Waals surface area contributed by atoms with Crippen molar-refractivity contribution >= 4 is 17.6 Å².